The molecule has 4 rings (SSSR count). The highest BCUT2D eigenvalue weighted by atomic mass is 16.5. The molecule has 3 aromatic rings. The zero-order chi connectivity index (χ0) is 18.8. The van der Waals surface area contributed by atoms with Gasteiger partial charge in [-0.15, -0.1) is 0 Å². The van der Waals surface area contributed by atoms with Gasteiger partial charge in [-0.05, 0) is 68.8 Å². The smallest absolute Gasteiger partial charge is 0.181 e. The zero-order valence-electron chi connectivity index (χ0n) is 16.2. The van der Waals surface area contributed by atoms with Crippen molar-refractivity contribution in [2.45, 2.75) is 25.9 Å². The van der Waals surface area contributed by atoms with Gasteiger partial charge in [-0.3, -0.25) is 0 Å². The first-order chi connectivity index (χ1) is 13.1. The molecule has 0 aliphatic heterocycles. The van der Waals surface area contributed by atoms with Gasteiger partial charge in [0.2, 0.25) is 0 Å². The van der Waals surface area contributed by atoms with Gasteiger partial charge in [-0.2, -0.15) is 5.10 Å². The number of methoxy groups -OCH3 is 1. The van der Waals surface area contributed by atoms with E-state index >= 15 is 0 Å². The molecule has 2 aromatic carbocycles. The third-order valence-corrected chi connectivity index (χ3v) is 4.83. The number of hydrogen-bond acceptors (Lipinski definition) is 4. The normalized spacial score (nSPS) is 13.9. The van der Waals surface area contributed by atoms with Gasteiger partial charge in [0.15, 0.2) is 11.6 Å². The van der Waals surface area contributed by atoms with E-state index < -0.39 is 0 Å². The minimum Gasteiger partial charge on any atom is -0.497 e. The Morgan fingerprint density at radius 1 is 1.07 bits per heavy atom. The number of aromatic nitrogens is 3. The van der Waals surface area contributed by atoms with Crippen LogP contribution in [-0.4, -0.2) is 40.9 Å². The Morgan fingerprint density at radius 3 is 2.52 bits per heavy atom. The SMILES string of the molecule is COc1ccc(-c2nc(-c3cccc(CN(C)C)c3)nn2CC2CC2)cc1. The van der Waals surface area contributed by atoms with Crippen molar-refractivity contribution in [3.63, 3.8) is 0 Å². The molecule has 27 heavy (non-hydrogen) atoms. The Bertz CT molecular complexity index is 910. The first-order valence-electron chi connectivity index (χ1n) is 9.45. The molecule has 1 saturated carbocycles. The molecule has 1 aromatic heterocycles. The molecule has 0 atom stereocenters. The van der Waals surface area contributed by atoms with Crippen LogP contribution in [0.4, 0.5) is 0 Å². The van der Waals surface area contributed by atoms with Crippen molar-refractivity contribution < 1.29 is 4.74 Å². The molecule has 5 nitrogen and oxygen atoms in total. The summed E-state index contributed by atoms with van der Waals surface area (Å²) >= 11 is 0. The summed E-state index contributed by atoms with van der Waals surface area (Å²) in [6.07, 6.45) is 2.57. The molecule has 0 bridgehead atoms. The minimum absolute atomic E-state index is 0.733. The Kier molecular flexibility index (Phi) is 4.94. The quantitative estimate of drug-likeness (QED) is 0.635. The lowest BCUT2D eigenvalue weighted by atomic mass is 10.1. The van der Waals surface area contributed by atoms with Crippen LogP contribution in [0.2, 0.25) is 0 Å². The number of hydrogen-bond donors (Lipinski definition) is 0. The van der Waals surface area contributed by atoms with Crippen LogP contribution in [-0.2, 0) is 13.1 Å². The molecule has 0 amide bonds. The van der Waals surface area contributed by atoms with Crippen LogP contribution in [0.25, 0.3) is 22.8 Å². The van der Waals surface area contributed by atoms with Gasteiger partial charge in [-0.1, -0.05) is 18.2 Å². The van der Waals surface area contributed by atoms with Gasteiger partial charge in [0.05, 0.1) is 7.11 Å². The number of rotatable bonds is 7. The molecule has 140 valence electrons. The van der Waals surface area contributed by atoms with Crippen LogP contribution < -0.4 is 4.74 Å². The Balaban J connectivity index is 1.70. The summed E-state index contributed by atoms with van der Waals surface area (Å²) in [5.74, 6) is 3.31. The Labute approximate surface area is 160 Å². The van der Waals surface area contributed by atoms with Gasteiger partial charge in [0, 0.05) is 24.2 Å². The second-order valence-corrected chi connectivity index (χ2v) is 7.55. The van der Waals surface area contributed by atoms with E-state index in [0.717, 1.165) is 47.5 Å². The molecule has 0 spiro atoms. The van der Waals surface area contributed by atoms with E-state index in [-0.39, 0.29) is 0 Å². The lowest BCUT2D eigenvalue weighted by molar-refractivity contribution is 0.402. The summed E-state index contributed by atoms with van der Waals surface area (Å²) in [4.78, 5) is 7.07. The van der Waals surface area contributed by atoms with Crippen LogP contribution >= 0.6 is 0 Å². The maximum Gasteiger partial charge on any atom is 0.181 e. The lowest BCUT2D eigenvalue weighted by Crippen LogP contribution is -2.10. The monoisotopic (exact) mass is 362 g/mol. The highest BCUT2D eigenvalue weighted by molar-refractivity contribution is 5.62. The molecule has 0 N–H and O–H groups in total. The van der Waals surface area contributed by atoms with Crippen molar-refractivity contribution in [3.8, 4) is 28.5 Å². The summed E-state index contributed by atoms with van der Waals surface area (Å²) in [6, 6.07) is 16.6. The van der Waals surface area contributed by atoms with Crippen molar-refractivity contribution in [1.29, 1.82) is 0 Å². The second-order valence-electron chi connectivity index (χ2n) is 7.55. The third-order valence-electron chi connectivity index (χ3n) is 4.83. The van der Waals surface area contributed by atoms with Gasteiger partial charge in [0.1, 0.15) is 5.75 Å². The predicted octanol–water partition coefficient (Wildman–Crippen LogP) is 4.09. The molecule has 1 fully saturated rings. The topological polar surface area (TPSA) is 43.2 Å². The van der Waals surface area contributed by atoms with E-state index in [1.54, 1.807) is 7.11 Å². The van der Waals surface area contributed by atoms with Crippen molar-refractivity contribution in [2.75, 3.05) is 21.2 Å². The van der Waals surface area contributed by atoms with E-state index in [2.05, 4.69) is 60.1 Å². The summed E-state index contributed by atoms with van der Waals surface area (Å²) in [7, 11) is 5.84. The zero-order valence-corrected chi connectivity index (χ0v) is 16.2. The maximum absolute atomic E-state index is 5.28. The van der Waals surface area contributed by atoms with Gasteiger partial charge in [0.25, 0.3) is 0 Å². The molecule has 0 saturated heterocycles. The van der Waals surface area contributed by atoms with E-state index in [1.165, 1.54) is 18.4 Å². The molecule has 1 aliphatic rings. The molecule has 1 aliphatic carbocycles. The van der Waals surface area contributed by atoms with Gasteiger partial charge in [-0.25, -0.2) is 9.67 Å². The van der Waals surface area contributed by atoms with E-state index in [4.69, 9.17) is 14.8 Å². The van der Waals surface area contributed by atoms with Crippen molar-refractivity contribution in [3.05, 3.63) is 54.1 Å². The number of nitrogens with zero attached hydrogens (tertiary/aromatic N) is 4. The van der Waals surface area contributed by atoms with E-state index in [1.807, 2.05) is 12.1 Å². The Morgan fingerprint density at radius 2 is 1.85 bits per heavy atom. The fraction of sp³-hybridized carbons (Fsp3) is 0.364. The first-order valence-corrected chi connectivity index (χ1v) is 9.45. The first kappa shape index (κ1) is 17.7. The standard InChI is InChI=1S/C22H26N4O/c1-25(2)14-17-5-4-6-19(13-17)21-23-22(26(24-21)15-16-7-8-16)18-9-11-20(27-3)12-10-18/h4-6,9-13,16H,7-8,14-15H2,1-3H3. The summed E-state index contributed by atoms with van der Waals surface area (Å²) < 4.78 is 7.36. The molecular weight excluding hydrogens is 336 g/mol. The summed E-state index contributed by atoms with van der Waals surface area (Å²) in [6.45, 7) is 1.84. The fourth-order valence-corrected chi connectivity index (χ4v) is 3.26. The lowest BCUT2D eigenvalue weighted by Gasteiger charge is -2.09. The van der Waals surface area contributed by atoms with Crippen LogP contribution in [0.15, 0.2) is 48.5 Å². The summed E-state index contributed by atoms with van der Waals surface area (Å²) in [5.41, 5.74) is 3.40. The maximum atomic E-state index is 5.28. The van der Waals surface area contributed by atoms with Crippen molar-refractivity contribution >= 4 is 0 Å². The van der Waals surface area contributed by atoms with E-state index in [0.29, 0.717) is 0 Å². The second kappa shape index (κ2) is 7.53. The largest absolute Gasteiger partial charge is 0.497 e. The number of benzene rings is 2. The fourth-order valence-electron chi connectivity index (χ4n) is 3.26. The van der Waals surface area contributed by atoms with Crippen LogP contribution in [0.5, 0.6) is 5.75 Å². The van der Waals surface area contributed by atoms with Crippen LogP contribution in [0, 0.1) is 5.92 Å². The molecule has 0 unspecified atom stereocenters. The number of ether oxygens (including phenoxy) is 1. The molecule has 1 heterocycles. The van der Waals surface area contributed by atoms with Gasteiger partial charge >= 0.3 is 0 Å². The van der Waals surface area contributed by atoms with Crippen molar-refractivity contribution in [1.82, 2.24) is 19.7 Å². The van der Waals surface area contributed by atoms with Crippen LogP contribution in [0.3, 0.4) is 0 Å². The third kappa shape index (κ3) is 4.19. The Hall–Kier alpha value is -2.66. The average molecular weight is 362 g/mol. The minimum atomic E-state index is 0.733. The highest BCUT2D eigenvalue weighted by Crippen LogP contribution is 2.33. The van der Waals surface area contributed by atoms with E-state index in [9.17, 15) is 0 Å². The predicted molar refractivity (Wildman–Crippen MR) is 108 cm³/mol. The highest BCUT2D eigenvalue weighted by Gasteiger charge is 2.25. The van der Waals surface area contributed by atoms with Crippen LogP contribution in [0.1, 0.15) is 18.4 Å². The van der Waals surface area contributed by atoms with Gasteiger partial charge < -0.3 is 9.64 Å². The summed E-state index contributed by atoms with van der Waals surface area (Å²) in [5, 5.41) is 4.86. The molecule has 0 radical (unpaired) electrons. The molecule has 5 heteroatoms. The van der Waals surface area contributed by atoms with Crippen molar-refractivity contribution in [2.24, 2.45) is 5.92 Å². The average Bonchev–Trinajstić information content (AvgIpc) is 3.38. The molecular formula is C22H26N4O.